The molecule has 0 bridgehead atoms. The third kappa shape index (κ3) is 12.6. The van der Waals surface area contributed by atoms with E-state index in [1.807, 2.05) is 30.3 Å². The first-order valence-electron chi connectivity index (χ1n) is 16.5. The number of unbranched alkanes of at least 4 members (excludes halogenated alkanes) is 4. The van der Waals surface area contributed by atoms with Gasteiger partial charge in [-0.05, 0) is 78.2 Å². The van der Waals surface area contributed by atoms with Crippen molar-refractivity contribution in [1.29, 1.82) is 0 Å². The number of aliphatic carboxylic acids is 1. The molecule has 0 aliphatic rings. The highest BCUT2D eigenvalue weighted by Crippen LogP contribution is 2.17. The lowest BCUT2D eigenvalue weighted by atomic mass is 10.0. The number of carbonyl (C=O) groups excluding carboxylic acids is 3. The summed E-state index contributed by atoms with van der Waals surface area (Å²) in [5, 5.41) is 17.9. The van der Waals surface area contributed by atoms with Crippen LogP contribution in [-0.4, -0.2) is 48.1 Å². The summed E-state index contributed by atoms with van der Waals surface area (Å²) in [5.41, 5.74) is 3.36. The normalized spacial score (nSPS) is 11.3. The number of anilines is 2. The summed E-state index contributed by atoms with van der Waals surface area (Å²) in [4.78, 5) is 49.8. The fourth-order valence-corrected chi connectivity index (χ4v) is 4.94. The number of benzene rings is 4. The van der Waals surface area contributed by atoms with Gasteiger partial charge in [0.1, 0.15) is 18.4 Å². The molecule has 0 radical (unpaired) electrons. The van der Waals surface area contributed by atoms with Crippen LogP contribution in [0.3, 0.4) is 0 Å². The molecule has 0 aromatic heterocycles. The lowest BCUT2D eigenvalue weighted by molar-refractivity contribution is -0.139. The van der Waals surface area contributed by atoms with Crippen LogP contribution >= 0.6 is 0 Å². The molecule has 0 heterocycles. The summed E-state index contributed by atoms with van der Waals surface area (Å²) in [7, 11) is 0. The van der Waals surface area contributed by atoms with E-state index in [-0.39, 0.29) is 30.4 Å². The molecule has 0 aliphatic carbocycles. The van der Waals surface area contributed by atoms with Gasteiger partial charge < -0.3 is 30.5 Å². The third-order valence-corrected chi connectivity index (χ3v) is 7.66. The molecule has 4 N–H and O–H groups in total. The first-order chi connectivity index (χ1) is 23.8. The second-order valence-corrected chi connectivity index (χ2v) is 11.6. The zero-order valence-electron chi connectivity index (χ0n) is 27.7. The summed E-state index contributed by atoms with van der Waals surface area (Å²) >= 11 is 0. The van der Waals surface area contributed by atoms with Crippen molar-refractivity contribution in [3.63, 3.8) is 0 Å². The fraction of sp³-hybridized carbons (Fsp3) is 0.282. The van der Waals surface area contributed by atoms with E-state index < -0.39 is 17.9 Å². The van der Waals surface area contributed by atoms with Gasteiger partial charge in [0, 0.05) is 28.9 Å². The second-order valence-electron chi connectivity index (χ2n) is 11.6. The number of carbonyl (C=O) groups is 4. The summed E-state index contributed by atoms with van der Waals surface area (Å²) in [6.45, 7) is 3.01. The number of carboxylic acid groups (broad SMARTS) is 1. The lowest BCUT2D eigenvalue weighted by Gasteiger charge is -2.15. The van der Waals surface area contributed by atoms with Crippen molar-refractivity contribution in [3.05, 3.63) is 125 Å². The van der Waals surface area contributed by atoms with Crippen LogP contribution in [-0.2, 0) is 27.4 Å². The van der Waals surface area contributed by atoms with Crippen LogP contribution in [0.1, 0.15) is 70.9 Å². The average molecular weight is 666 g/mol. The molecule has 49 heavy (non-hydrogen) atoms. The number of nitrogens with one attached hydrogen (secondary N) is 3. The van der Waals surface area contributed by atoms with Gasteiger partial charge in [0.25, 0.3) is 11.8 Å². The Morgan fingerprint density at radius 2 is 1.29 bits per heavy atom. The SMILES string of the molecule is CCCCCCCOc1ccc(C(=O)Nc2ccc(CC(NC(=O)c3ccc(NC(=O)COCc4ccccc4)cc3)C(=O)O)cc2)cc1. The molecule has 0 spiro atoms. The largest absolute Gasteiger partial charge is 0.494 e. The van der Waals surface area contributed by atoms with Crippen molar-refractivity contribution in [2.45, 2.75) is 58.1 Å². The van der Waals surface area contributed by atoms with E-state index in [1.165, 1.54) is 31.4 Å². The van der Waals surface area contributed by atoms with E-state index in [9.17, 15) is 24.3 Å². The van der Waals surface area contributed by atoms with Crippen molar-refractivity contribution >= 4 is 35.1 Å². The van der Waals surface area contributed by atoms with Crippen LogP contribution in [0.15, 0.2) is 103 Å². The maximum absolute atomic E-state index is 12.9. The van der Waals surface area contributed by atoms with Gasteiger partial charge in [0.05, 0.1) is 13.2 Å². The minimum atomic E-state index is -1.19. The van der Waals surface area contributed by atoms with Gasteiger partial charge in [-0.2, -0.15) is 0 Å². The molecular formula is C39H43N3O7. The van der Waals surface area contributed by atoms with Gasteiger partial charge in [-0.3, -0.25) is 14.4 Å². The van der Waals surface area contributed by atoms with E-state index in [1.54, 1.807) is 60.7 Å². The summed E-state index contributed by atoms with van der Waals surface area (Å²) in [6.07, 6.45) is 5.83. The first kappa shape index (κ1) is 36.4. The Hall–Kier alpha value is -5.48. The zero-order valence-corrected chi connectivity index (χ0v) is 27.7. The Bertz CT molecular complexity index is 1640. The molecule has 256 valence electrons. The quantitative estimate of drug-likeness (QED) is 0.0801. The third-order valence-electron chi connectivity index (χ3n) is 7.66. The van der Waals surface area contributed by atoms with Gasteiger partial charge in [-0.1, -0.05) is 75.1 Å². The van der Waals surface area contributed by atoms with E-state index in [0.717, 1.165) is 24.2 Å². The second kappa shape index (κ2) is 19.4. The van der Waals surface area contributed by atoms with Gasteiger partial charge in [0.15, 0.2) is 0 Å². The maximum Gasteiger partial charge on any atom is 0.326 e. The van der Waals surface area contributed by atoms with Gasteiger partial charge in [0.2, 0.25) is 5.91 Å². The Balaban J connectivity index is 1.21. The predicted molar refractivity (Wildman–Crippen MR) is 189 cm³/mol. The Morgan fingerprint density at radius 1 is 0.673 bits per heavy atom. The topological polar surface area (TPSA) is 143 Å². The van der Waals surface area contributed by atoms with Crippen molar-refractivity contribution in [1.82, 2.24) is 5.32 Å². The molecule has 4 aromatic rings. The van der Waals surface area contributed by atoms with Crippen molar-refractivity contribution in [3.8, 4) is 5.75 Å². The lowest BCUT2D eigenvalue weighted by Crippen LogP contribution is -2.42. The van der Waals surface area contributed by atoms with E-state index in [2.05, 4.69) is 22.9 Å². The van der Waals surface area contributed by atoms with Crippen LogP contribution in [0.2, 0.25) is 0 Å². The molecule has 3 amide bonds. The summed E-state index contributed by atoms with van der Waals surface area (Å²) < 4.78 is 11.2. The molecule has 10 heteroatoms. The monoisotopic (exact) mass is 665 g/mol. The highest BCUT2D eigenvalue weighted by Gasteiger charge is 2.21. The molecule has 0 saturated heterocycles. The Labute approximate surface area is 286 Å². The standard InChI is InChI=1S/C39H43N3O7/c1-2-3-4-5-9-24-49-34-22-16-31(17-23-34)37(44)41-33-18-12-28(13-19-33)25-35(39(46)47)42-38(45)30-14-20-32(21-15-30)40-36(43)27-48-26-29-10-7-6-8-11-29/h6-8,10-23,35H,2-5,9,24-27H2,1H3,(H,40,43)(H,41,44)(H,42,45)(H,46,47). The van der Waals surface area contributed by atoms with Crippen LogP contribution < -0.4 is 20.7 Å². The van der Waals surface area contributed by atoms with E-state index >= 15 is 0 Å². The van der Waals surface area contributed by atoms with Gasteiger partial charge in [-0.25, -0.2) is 4.79 Å². The molecule has 0 saturated carbocycles. The molecule has 4 rings (SSSR count). The molecule has 1 unspecified atom stereocenters. The smallest absolute Gasteiger partial charge is 0.326 e. The van der Waals surface area contributed by atoms with Crippen LogP contribution in [0.5, 0.6) is 5.75 Å². The molecule has 1 atom stereocenters. The maximum atomic E-state index is 12.9. The number of rotatable bonds is 19. The molecule has 10 nitrogen and oxygen atoms in total. The zero-order chi connectivity index (χ0) is 34.8. The van der Waals surface area contributed by atoms with Gasteiger partial charge >= 0.3 is 5.97 Å². The average Bonchev–Trinajstić information content (AvgIpc) is 3.11. The highest BCUT2D eigenvalue weighted by molar-refractivity contribution is 6.04. The number of carboxylic acids is 1. The first-order valence-corrected chi connectivity index (χ1v) is 16.5. The minimum Gasteiger partial charge on any atom is -0.494 e. The van der Waals surface area contributed by atoms with Crippen molar-refractivity contribution < 1.29 is 33.8 Å². The Kier molecular flexibility index (Phi) is 14.4. The summed E-state index contributed by atoms with van der Waals surface area (Å²) in [6, 6.07) is 28.2. The van der Waals surface area contributed by atoms with E-state index in [0.29, 0.717) is 35.7 Å². The van der Waals surface area contributed by atoms with E-state index in [4.69, 9.17) is 9.47 Å². The number of ether oxygens (including phenoxy) is 2. The van der Waals surface area contributed by atoms with Crippen LogP contribution in [0.4, 0.5) is 11.4 Å². The summed E-state index contributed by atoms with van der Waals surface area (Å²) in [5.74, 6) is -1.65. The predicted octanol–water partition coefficient (Wildman–Crippen LogP) is 6.87. The van der Waals surface area contributed by atoms with Crippen molar-refractivity contribution in [2.24, 2.45) is 0 Å². The number of hydrogen-bond donors (Lipinski definition) is 4. The number of amides is 3. The fourth-order valence-electron chi connectivity index (χ4n) is 4.94. The molecular weight excluding hydrogens is 622 g/mol. The molecule has 0 fully saturated rings. The van der Waals surface area contributed by atoms with Crippen LogP contribution in [0.25, 0.3) is 0 Å². The Morgan fingerprint density at radius 3 is 1.96 bits per heavy atom. The number of hydrogen-bond acceptors (Lipinski definition) is 6. The van der Waals surface area contributed by atoms with Crippen molar-refractivity contribution in [2.75, 3.05) is 23.8 Å². The van der Waals surface area contributed by atoms with Crippen LogP contribution in [0, 0.1) is 0 Å². The molecule has 0 aliphatic heterocycles. The molecule has 4 aromatic carbocycles. The minimum absolute atomic E-state index is 0.0342. The van der Waals surface area contributed by atoms with Gasteiger partial charge in [-0.15, -0.1) is 0 Å². The highest BCUT2D eigenvalue weighted by atomic mass is 16.5.